The maximum absolute atomic E-state index is 13.4. The van der Waals surface area contributed by atoms with Crippen LogP contribution in [0.15, 0.2) is 83.9 Å². The zero-order valence-electron chi connectivity index (χ0n) is 19.2. The molecule has 0 saturated carbocycles. The summed E-state index contributed by atoms with van der Waals surface area (Å²) in [7, 11) is 0. The topological polar surface area (TPSA) is 35.9 Å². The molecule has 3 aromatic carbocycles. The Hall–Kier alpha value is -3.45. The lowest BCUT2D eigenvalue weighted by atomic mass is 9.90. The number of aliphatic imine (C=N–C) groups is 1. The largest absolute Gasteiger partial charge is 0.416 e. The van der Waals surface area contributed by atoms with E-state index in [0.29, 0.717) is 18.2 Å². The first kappa shape index (κ1) is 23.3. The molecule has 3 aromatic rings. The summed E-state index contributed by atoms with van der Waals surface area (Å²) in [4.78, 5) is 21.7. The highest BCUT2D eigenvalue weighted by Crippen LogP contribution is 2.34. The van der Waals surface area contributed by atoms with Gasteiger partial charge in [0.1, 0.15) is 5.71 Å². The van der Waals surface area contributed by atoms with Crippen molar-refractivity contribution in [2.45, 2.75) is 25.4 Å². The molecule has 35 heavy (non-hydrogen) atoms. The number of fused-ring (bicyclic) bond motifs is 1. The Kier molecular flexibility index (Phi) is 6.43. The minimum Gasteiger partial charge on any atom is -0.293 e. The molecule has 2 heterocycles. The van der Waals surface area contributed by atoms with Crippen LogP contribution in [0.1, 0.15) is 29.5 Å². The van der Waals surface area contributed by atoms with E-state index in [-0.39, 0.29) is 17.3 Å². The highest BCUT2D eigenvalue weighted by Gasteiger charge is 2.36. The maximum atomic E-state index is 13.4. The summed E-state index contributed by atoms with van der Waals surface area (Å²) in [6, 6.07) is 22.6. The minimum absolute atomic E-state index is 0.113. The third-order valence-electron chi connectivity index (χ3n) is 6.73. The molecule has 0 spiro atoms. The smallest absolute Gasteiger partial charge is 0.293 e. The first-order valence-corrected chi connectivity index (χ1v) is 11.8. The highest BCUT2D eigenvalue weighted by atomic mass is 19.4. The lowest BCUT2D eigenvalue weighted by molar-refractivity contribution is -0.137. The van der Waals surface area contributed by atoms with Gasteiger partial charge in [-0.05, 0) is 55.0 Å². The quantitative estimate of drug-likeness (QED) is 0.446. The minimum atomic E-state index is -4.47. The van der Waals surface area contributed by atoms with E-state index in [0.717, 1.165) is 50.2 Å². The Morgan fingerprint density at radius 2 is 1.60 bits per heavy atom. The van der Waals surface area contributed by atoms with Crippen LogP contribution >= 0.6 is 0 Å². The number of anilines is 1. The molecule has 0 aromatic heterocycles. The standard InChI is InChI=1S/C28H26F3N3O/c29-28(30,31)22-9-6-10-23(18-22)32-26-24-11-4-5-12-25(24)34(27(26)35)19-33-15-13-21(14-16-33)17-20-7-2-1-3-8-20/h1-12,18,21H,13-17,19H2. The fourth-order valence-electron chi connectivity index (χ4n) is 4.87. The fourth-order valence-corrected chi connectivity index (χ4v) is 4.87. The van der Waals surface area contributed by atoms with Crippen molar-refractivity contribution in [1.82, 2.24) is 4.90 Å². The number of para-hydroxylation sites is 1. The van der Waals surface area contributed by atoms with Gasteiger partial charge in [0.05, 0.1) is 23.6 Å². The number of likely N-dealkylation sites (tertiary alicyclic amines) is 1. The SMILES string of the molecule is O=C1C(=Nc2cccc(C(F)(F)F)c2)c2ccccc2N1CN1CCC(Cc2ccccc2)CC1. The van der Waals surface area contributed by atoms with Gasteiger partial charge >= 0.3 is 6.18 Å². The third kappa shape index (κ3) is 5.15. The summed E-state index contributed by atoms with van der Waals surface area (Å²) in [6.07, 6.45) is -1.28. The lowest BCUT2D eigenvalue weighted by Gasteiger charge is -2.34. The van der Waals surface area contributed by atoms with Crippen LogP contribution in [0.5, 0.6) is 0 Å². The molecule has 0 unspecified atom stereocenters. The second kappa shape index (κ2) is 9.66. The van der Waals surface area contributed by atoms with E-state index in [1.807, 2.05) is 24.3 Å². The number of piperidine rings is 1. The van der Waals surface area contributed by atoms with Crippen LogP contribution in [0.4, 0.5) is 24.5 Å². The molecule has 180 valence electrons. The molecule has 0 radical (unpaired) electrons. The number of rotatable bonds is 5. The molecule has 2 aliphatic rings. The number of hydrogen-bond acceptors (Lipinski definition) is 3. The van der Waals surface area contributed by atoms with E-state index in [9.17, 15) is 18.0 Å². The van der Waals surface area contributed by atoms with Crippen LogP contribution in [-0.2, 0) is 17.4 Å². The summed E-state index contributed by atoms with van der Waals surface area (Å²) >= 11 is 0. The summed E-state index contributed by atoms with van der Waals surface area (Å²) < 4.78 is 39.4. The number of carbonyl (C=O) groups is 1. The van der Waals surface area contributed by atoms with Gasteiger partial charge < -0.3 is 0 Å². The molecule has 1 fully saturated rings. The molecular weight excluding hydrogens is 451 g/mol. The zero-order chi connectivity index (χ0) is 24.4. The van der Waals surface area contributed by atoms with E-state index in [1.54, 1.807) is 11.0 Å². The number of hydrogen-bond donors (Lipinski definition) is 0. The molecule has 0 bridgehead atoms. The third-order valence-corrected chi connectivity index (χ3v) is 6.73. The number of carbonyl (C=O) groups excluding carboxylic acids is 1. The molecule has 1 saturated heterocycles. The summed E-state index contributed by atoms with van der Waals surface area (Å²) in [6.45, 7) is 2.22. The van der Waals surface area contributed by atoms with E-state index in [2.05, 4.69) is 34.2 Å². The Balaban J connectivity index is 1.31. The number of benzene rings is 3. The molecular formula is C28H26F3N3O. The molecule has 0 atom stereocenters. The molecule has 2 aliphatic heterocycles. The summed E-state index contributed by atoms with van der Waals surface area (Å²) in [5.74, 6) is 0.336. The average molecular weight is 478 g/mol. The van der Waals surface area contributed by atoms with Gasteiger partial charge in [0.15, 0.2) is 0 Å². The molecule has 7 heteroatoms. The number of nitrogens with zero attached hydrogens (tertiary/aromatic N) is 3. The van der Waals surface area contributed by atoms with Crippen LogP contribution in [-0.4, -0.2) is 36.3 Å². The van der Waals surface area contributed by atoms with Gasteiger partial charge in [0.25, 0.3) is 5.91 Å². The van der Waals surface area contributed by atoms with Gasteiger partial charge in [-0.2, -0.15) is 13.2 Å². The molecule has 4 nitrogen and oxygen atoms in total. The second-order valence-corrected chi connectivity index (χ2v) is 9.15. The van der Waals surface area contributed by atoms with Crippen molar-refractivity contribution in [2.75, 3.05) is 24.7 Å². The van der Waals surface area contributed by atoms with Crippen molar-refractivity contribution in [3.05, 3.63) is 95.6 Å². The second-order valence-electron chi connectivity index (χ2n) is 9.15. The normalized spacial score (nSPS) is 18.3. The molecule has 5 rings (SSSR count). The van der Waals surface area contributed by atoms with Crippen LogP contribution in [0.25, 0.3) is 0 Å². The van der Waals surface area contributed by atoms with Crippen LogP contribution in [0.3, 0.4) is 0 Å². The molecule has 0 aliphatic carbocycles. The Morgan fingerprint density at radius 1 is 0.886 bits per heavy atom. The molecule has 1 amide bonds. The predicted octanol–water partition coefficient (Wildman–Crippen LogP) is 6.09. The monoisotopic (exact) mass is 477 g/mol. The van der Waals surface area contributed by atoms with Gasteiger partial charge in [0.2, 0.25) is 0 Å². The number of amides is 1. The van der Waals surface area contributed by atoms with E-state index in [1.165, 1.54) is 17.7 Å². The van der Waals surface area contributed by atoms with Crippen molar-refractivity contribution in [3.8, 4) is 0 Å². The first-order valence-electron chi connectivity index (χ1n) is 11.8. The Bertz CT molecular complexity index is 1230. The van der Waals surface area contributed by atoms with E-state index in [4.69, 9.17) is 0 Å². The van der Waals surface area contributed by atoms with Gasteiger partial charge in [-0.3, -0.25) is 14.6 Å². The Morgan fingerprint density at radius 3 is 2.34 bits per heavy atom. The van der Waals surface area contributed by atoms with Crippen LogP contribution in [0.2, 0.25) is 0 Å². The predicted molar refractivity (Wildman–Crippen MR) is 131 cm³/mol. The summed E-state index contributed by atoms with van der Waals surface area (Å²) in [5, 5.41) is 0. The number of halogens is 3. The van der Waals surface area contributed by atoms with Crippen molar-refractivity contribution in [1.29, 1.82) is 0 Å². The van der Waals surface area contributed by atoms with Crippen molar-refractivity contribution in [3.63, 3.8) is 0 Å². The van der Waals surface area contributed by atoms with Crippen molar-refractivity contribution >= 4 is 23.0 Å². The Labute approximate surface area is 202 Å². The van der Waals surface area contributed by atoms with Gasteiger partial charge in [0, 0.05) is 18.7 Å². The van der Waals surface area contributed by atoms with Crippen LogP contribution < -0.4 is 4.90 Å². The summed E-state index contributed by atoms with van der Waals surface area (Å²) in [5.41, 5.74) is 2.25. The van der Waals surface area contributed by atoms with E-state index >= 15 is 0 Å². The zero-order valence-corrected chi connectivity index (χ0v) is 19.2. The lowest BCUT2D eigenvalue weighted by Crippen LogP contribution is -2.44. The molecule has 0 N–H and O–H groups in total. The van der Waals surface area contributed by atoms with E-state index < -0.39 is 11.7 Å². The first-order chi connectivity index (χ1) is 16.9. The average Bonchev–Trinajstić information content (AvgIpc) is 3.11. The number of alkyl halides is 3. The maximum Gasteiger partial charge on any atom is 0.416 e. The van der Waals surface area contributed by atoms with Crippen molar-refractivity contribution in [2.24, 2.45) is 10.9 Å². The van der Waals surface area contributed by atoms with Gasteiger partial charge in [-0.25, -0.2) is 4.99 Å². The fraction of sp³-hybridized carbons (Fsp3) is 0.286. The van der Waals surface area contributed by atoms with Gasteiger partial charge in [-0.15, -0.1) is 0 Å². The highest BCUT2D eigenvalue weighted by molar-refractivity contribution is 6.54. The van der Waals surface area contributed by atoms with Crippen LogP contribution in [0, 0.1) is 5.92 Å². The van der Waals surface area contributed by atoms with Crippen molar-refractivity contribution < 1.29 is 18.0 Å². The van der Waals surface area contributed by atoms with Gasteiger partial charge in [-0.1, -0.05) is 54.6 Å².